The van der Waals surface area contributed by atoms with E-state index in [-0.39, 0.29) is 23.7 Å². The van der Waals surface area contributed by atoms with Gasteiger partial charge in [-0.2, -0.15) is 0 Å². The highest BCUT2D eigenvalue weighted by Gasteiger charge is 2.12. The van der Waals surface area contributed by atoms with Crippen LogP contribution in [0.1, 0.15) is 18.1 Å². The van der Waals surface area contributed by atoms with Crippen LogP contribution in [0.2, 0.25) is 0 Å². The quantitative estimate of drug-likeness (QED) is 0.421. The summed E-state index contributed by atoms with van der Waals surface area (Å²) in [5.74, 6) is 0.819. The number of rotatable bonds is 7. The zero-order valence-corrected chi connectivity index (χ0v) is 17.9. The lowest BCUT2D eigenvalue weighted by atomic mass is 10.1. The van der Waals surface area contributed by atoms with Gasteiger partial charge >= 0.3 is 0 Å². The standard InChI is InChI=1S/C26H23NO5/c1-3-18-8-4-5-10-22(18)27-25(28)16-30-19-11-12-21-23(14-19)31-15-24(26(21)29)32-20-9-6-7-17(2)13-20/h4-15H,3,16H2,1-2H3,(H,27,28). The Bertz CT molecular complexity index is 1330. The van der Waals surface area contributed by atoms with Crippen molar-refractivity contribution >= 4 is 22.6 Å². The molecule has 32 heavy (non-hydrogen) atoms. The fourth-order valence-corrected chi connectivity index (χ4v) is 3.34. The second-order valence-corrected chi connectivity index (χ2v) is 7.35. The molecular formula is C26H23NO5. The van der Waals surface area contributed by atoms with Crippen LogP contribution in [0, 0.1) is 6.92 Å². The van der Waals surface area contributed by atoms with Gasteiger partial charge in [0.05, 0.1) is 5.39 Å². The van der Waals surface area contributed by atoms with Gasteiger partial charge in [-0.05, 0) is 54.8 Å². The number of ether oxygens (including phenoxy) is 2. The molecule has 4 rings (SSSR count). The first-order valence-electron chi connectivity index (χ1n) is 10.3. The Kier molecular flexibility index (Phi) is 6.22. The van der Waals surface area contributed by atoms with Gasteiger partial charge in [-0.3, -0.25) is 9.59 Å². The van der Waals surface area contributed by atoms with Crippen LogP contribution in [0.5, 0.6) is 17.2 Å². The number of hydrogen-bond donors (Lipinski definition) is 1. The van der Waals surface area contributed by atoms with E-state index < -0.39 is 0 Å². The van der Waals surface area contributed by atoms with Crippen molar-refractivity contribution in [3.05, 3.63) is 94.3 Å². The predicted octanol–water partition coefficient (Wildman–Crippen LogP) is 5.47. The Hall–Kier alpha value is -4.06. The summed E-state index contributed by atoms with van der Waals surface area (Å²) in [6.07, 6.45) is 2.10. The number of fused-ring (bicyclic) bond motifs is 1. The lowest BCUT2D eigenvalue weighted by molar-refractivity contribution is -0.118. The first kappa shape index (κ1) is 21.2. The topological polar surface area (TPSA) is 77.8 Å². The molecule has 1 aromatic heterocycles. The van der Waals surface area contributed by atoms with Crippen LogP contribution in [0.4, 0.5) is 5.69 Å². The SMILES string of the molecule is CCc1ccccc1NC(=O)COc1ccc2c(=O)c(Oc3cccc(C)c3)coc2c1. The smallest absolute Gasteiger partial charge is 0.262 e. The zero-order chi connectivity index (χ0) is 22.5. The Morgan fingerprint density at radius 2 is 1.84 bits per heavy atom. The molecule has 0 bridgehead atoms. The Morgan fingerprint density at radius 3 is 2.66 bits per heavy atom. The normalized spacial score (nSPS) is 10.7. The van der Waals surface area contributed by atoms with Gasteiger partial charge in [-0.1, -0.05) is 37.3 Å². The Morgan fingerprint density at radius 1 is 1.00 bits per heavy atom. The molecule has 0 aliphatic rings. The molecule has 0 spiro atoms. The van der Waals surface area contributed by atoms with Crippen molar-refractivity contribution in [1.82, 2.24) is 0 Å². The molecule has 1 N–H and O–H groups in total. The molecule has 0 fully saturated rings. The highest BCUT2D eigenvalue weighted by Crippen LogP contribution is 2.24. The highest BCUT2D eigenvalue weighted by atomic mass is 16.5. The van der Waals surface area contributed by atoms with Gasteiger partial charge in [-0.15, -0.1) is 0 Å². The summed E-state index contributed by atoms with van der Waals surface area (Å²) in [4.78, 5) is 25.1. The van der Waals surface area contributed by atoms with Gasteiger partial charge < -0.3 is 19.2 Å². The summed E-state index contributed by atoms with van der Waals surface area (Å²) in [6.45, 7) is 3.81. The average Bonchev–Trinajstić information content (AvgIpc) is 2.80. The second-order valence-electron chi connectivity index (χ2n) is 7.35. The third-order valence-corrected chi connectivity index (χ3v) is 4.97. The number of aryl methyl sites for hydroxylation is 2. The number of hydrogen-bond acceptors (Lipinski definition) is 5. The number of anilines is 1. The van der Waals surface area contributed by atoms with Crippen molar-refractivity contribution in [3.63, 3.8) is 0 Å². The zero-order valence-electron chi connectivity index (χ0n) is 17.9. The largest absolute Gasteiger partial charge is 0.484 e. The van der Waals surface area contributed by atoms with Gasteiger partial charge in [-0.25, -0.2) is 0 Å². The summed E-state index contributed by atoms with van der Waals surface area (Å²) in [7, 11) is 0. The van der Waals surface area contributed by atoms with E-state index in [1.54, 1.807) is 24.3 Å². The lowest BCUT2D eigenvalue weighted by Gasteiger charge is -2.11. The maximum atomic E-state index is 12.8. The Labute approximate surface area is 185 Å². The minimum atomic E-state index is -0.284. The van der Waals surface area contributed by atoms with Gasteiger partial charge in [0.1, 0.15) is 23.3 Å². The minimum Gasteiger partial charge on any atom is -0.484 e. The van der Waals surface area contributed by atoms with Gasteiger partial charge in [0, 0.05) is 11.8 Å². The van der Waals surface area contributed by atoms with Crippen LogP contribution in [0.15, 0.2) is 82.2 Å². The molecule has 0 atom stereocenters. The maximum absolute atomic E-state index is 12.8. The van der Waals surface area contributed by atoms with Crippen LogP contribution in [-0.2, 0) is 11.2 Å². The first-order chi connectivity index (χ1) is 15.5. The molecule has 1 amide bonds. The van der Waals surface area contributed by atoms with E-state index in [4.69, 9.17) is 13.9 Å². The molecule has 3 aromatic carbocycles. The molecule has 0 aliphatic heterocycles. The van der Waals surface area contributed by atoms with Crippen LogP contribution >= 0.6 is 0 Å². The molecule has 6 nitrogen and oxygen atoms in total. The van der Waals surface area contributed by atoms with E-state index >= 15 is 0 Å². The summed E-state index contributed by atoms with van der Waals surface area (Å²) in [5.41, 5.74) is 2.91. The molecule has 6 heteroatoms. The van der Waals surface area contributed by atoms with Crippen LogP contribution in [0.3, 0.4) is 0 Å². The number of nitrogens with one attached hydrogen (secondary N) is 1. The first-order valence-corrected chi connectivity index (χ1v) is 10.3. The highest BCUT2D eigenvalue weighted by molar-refractivity contribution is 5.92. The second kappa shape index (κ2) is 9.39. The van der Waals surface area contributed by atoms with Gasteiger partial charge in [0.25, 0.3) is 5.91 Å². The van der Waals surface area contributed by atoms with Crippen LogP contribution in [-0.4, -0.2) is 12.5 Å². The molecule has 0 aliphatic carbocycles. The number of benzene rings is 3. The van der Waals surface area contributed by atoms with Crippen molar-refractivity contribution in [1.29, 1.82) is 0 Å². The molecule has 1 heterocycles. The lowest BCUT2D eigenvalue weighted by Crippen LogP contribution is -2.20. The molecule has 0 radical (unpaired) electrons. The number of carbonyl (C=O) groups is 1. The molecule has 0 saturated heterocycles. The van der Waals surface area contributed by atoms with Gasteiger partial charge in [0.2, 0.25) is 11.2 Å². The van der Waals surface area contributed by atoms with E-state index in [0.717, 1.165) is 23.2 Å². The minimum absolute atomic E-state index is 0.103. The summed E-state index contributed by atoms with van der Waals surface area (Å²) >= 11 is 0. The molecule has 4 aromatic rings. The van der Waals surface area contributed by atoms with E-state index in [0.29, 0.717) is 22.5 Å². The third kappa shape index (κ3) is 4.81. The third-order valence-electron chi connectivity index (χ3n) is 4.97. The maximum Gasteiger partial charge on any atom is 0.262 e. The van der Waals surface area contributed by atoms with Crippen molar-refractivity contribution in [2.24, 2.45) is 0 Å². The average molecular weight is 429 g/mol. The van der Waals surface area contributed by atoms with E-state index in [9.17, 15) is 9.59 Å². The van der Waals surface area contributed by atoms with Crippen molar-refractivity contribution in [3.8, 4) is 17.2 Å². The van der Waals surface area contributed by atoms with Gasteiger partial charge in [0.15, 0.2) is 6.61 Å². The fourth-order valence-electron chi connectivity index (χ4n) is 3.34. The fraction of sp³-hybridized carbons (Fsp3) is 0.154. The molecule has 0 unspecified atom stereocenters. The van der Waals surface area contributed by atoms with Crippen LogP contribution in [0.25, 0.3) is 11.0 Å². The number of carbonyl (C=O) groups excluding carboxylic acids is 1. The van der Waals surface area contributed by atoms with Crippen molar-refractivity contribution < 1.29 is 18.7 Å². The summed E-state index contributed by atoms with van der Waals surface area (Å²) in [5, 5.41) is 3.22. The molecule has 0 saturated carbocycles. The van der Waals surface area contributed by atoms with E-state index in [1.165, 1.54) is 6.26 Å². The Balaban J connectivity index is 1.45. The number of amides is 1. The molecular weight excluding hydrogens is 406 g/mol. The summed E-state index contributed by atoms with van der Waals surface area (Å²) < 4.78 is 16.9. The van der Waals surface area contributed by atoms with E-state index in [1.807, 2.05) is 56.3 Å². The number of para-hydroxylation sites is 1. The van der Waals surface area contributed by atoms with Crippen LogP contribution < -0.4 is 20.2 Å². The predicted molar refractivity (Wildman–Crippen MR) is 124 cm³/mol. The van der Waals surface area contributed by atoms with E-state index in [2.05, 4.69) is 5.32 Å². The summed E-state index contributed by atoms with van der Waals surface area (Å²) in [6, 6.07) is 19.9. The van der Waals surface area contributed by atoms with Crippen molar-refractivity contribution in [2.45, 2.75) is 20.3 Å². The monoisotopic (exact) mass is 429 g/mol. The molecule has 162 valence electrons. The van der Waals surface area contributed by atoms with Crippen molar-refractivity contribution in [2.75, 3.05) is 11.9 Å².